The molecule has 2 aromatic carbocycles. The van der Waals surface area contributed by atoms with E-state index in [0.29, 0.717) is 5.69 Å². The highest BCUT2D eigenvalue weighted by Gasteiger charge is 2.06. The van der Waals surface area contributed by atoms with Crippen LogP contribution in [0.2, 0.25) is 5.02 Å². The third-order valence-electron chi connectivity index (χ3n) is 2.72. The number of carbonyl (C=O) groups excluding carboxylic acids is 1. The zero-order valence-corrected chi connectivity index (χ0v) is 12.5. The number of carbonyl (C=O) groups is 1. The van der Waals surface area contributed by atoms with Crippen LogP contribution in [0.3, 0.4) is 0 Å². The molecule has 0 fully saturated rings. The Balaban J connectivity index is 1.74. The van der Waals surface area contributed by atoms with Crippen molar-refractivity contribution < 1.29 is 22.7 Å². The summed E-state index contributed by atoms with van der Waals surface area (Å²) >= 11 is 5.59. The molecule has 0 aliphatic carbocycles. The molecule has 0 saturated heterocycles. The predicted octanol–water partition coefficient (Wildman–Crippen LogP) is 3.96. The van der Waals surface area contributed by atoms with Crippen molar-refractivity contribution in [3.05, 3.63) is 58.9 Å². The van der Waals surface area contributed by atoms with Crippen LogP contribution in [0.25, 0.3) is 0 Å². The lowest BCUT2D eigenvalue weighted by Gasteiger charge is -2.09. The van der Waals surface area contributed by atoms with E-state index >= 15 is 0 Å². The van der Waals surface area contributed by atoms with Gasteiger partial charge in [0.1, 0.15) is 18.2 Å². The Morgan fingerprint density at radius 3 is 2.48 bits per heavy atom. The molecular formula is C15H12ClF3N2O2. The number of anilines is 1. The minimum absolute atomic E-state index is 0.0582. The number of rotatable bonds is 5. The molecule has 2 N–H and O–H groups in total. The van der Waals surface area contributed by atoms with Crippen LogP contribution in [-0.4, -0.2) is 19.2 Å². The zero-order chi connectivity index (χ0) is 16.8. The van der Waals surface area contributed by atoms with Crippen molar-refractivity contribution in [2.24, 2.45) is 0 Å². The van der Waals surface area contributed by atoms with E-state index in [1.165, 1.54) is 18.2 Å². The molecule has 2 rings (SSSR count). The van der Waals surface area contributed by atoms with Crippen LogP contribution < -0.4 is 15.4 Å². The number of ether oxygens (including phenoxy) is 1. The SMILES string of the molecule is O=C(NCCOc1ccc(F)c(F)c1)Nc1ccc(F)c(Cl)c1. The van der Waals surface area contributed by atoms with Crippen molar-refractivity contribution in [1.29, 1.82) is 0 Å². The summed E-state index contributed by atoms with van der Waals surface area (Å²) in [6, 6.07) is 6.36. The molecule has 8 heteroatoms. The Morgan fingerprint density at radius 1 is 1.04 bits per heavy atom. The highest BCUT2D eigenvalue weighted by Crippen LogP contribution is 2.19. The Labute approximate surface area is 135 Å². The first-order valence-corrected chi connectivity index (χ1v) is 6.91. The molecule has 0 aliphatic rings. The van der Waals surface area contributed by atoms with E-state index in [2.05, 4.69) is 10.6 Å². The molecule has 2 amide bonds. The molecule has 2 aromatic rings. The number of hydrogen-bond acceptors (Lipinski definition) is 2. The van der Waals surface area contributed by atoms with Gasteiger partial charge in [0.05, 0.1) is 11.6 Å². The molecule has 0 aliphatic heterocycles. The minimum atomic E-state index is -1.01. The number of halogens is 4. The van der Waals surface area contributed by atoms with Gasteiger partial charge in [-0.1, -0.05) is 11.6 Å². The number of benzene rings is 2. The van der Waals surface area contributed by atoms with Gasteiger partial charge in [-0.05, 0) is 30.3 Å². The summed E-state index contributed by atoms with van der Waals surface area (Å²) in [6.45, 7) is 0.183. The summed E-state index contributed by atoms with van der Waals surface area (Å²) < 4.78 is 43.8. The first-order valence-electron chi connectivity index (χ1n) is 6.53. The molecule has 0 radical (unpaired) electrons. The lowest BCUT2D eigenvalue weighted by atomic mass is 10.3. The van der Waals surface area contributed by atoms with E-state index in [1.54, 1.807) is 0 Å². The van der Waals surface area contributed by atoms with E-state index in [-0.39, 0.29) is 23.9 Å². The highest BCUT2D eigenvalue weighted by atomic mass is 35.5. The Kier molecular flexibility index (Phi) is 5.70. The maximum atomic E-state index is 13.0. The van der Waals surface area contributed by atoms with Gasteiger partial charge in [-0.25, -0.2) is 18.0 Å². The Bertz CT molecular complexity index is 713. The summed E-state index contributed by atoms with van der Waals surface area (Å²) in [5, 5.41) is 4.83. The van der Waals surface area contributed by atoms with Gasteiger partial charge in [-0.15, -0.1) is 0 Å². The van der Waals surface area contributed by atoms with E-state index in [4.69, 9.17) is 16.3 Å². The number of amides is 2. The van der Waals surface area contributed by atoms with Crippen molar-refractivity contribution in [3.8, 4) is 5.75 Å². The van der Waals surface area contributed by atoms with Crippen molar-refractivity contribution in [2.45, 2.75) is 0 Å². The smallest absolute Gasteiger partial charge is 0.319 e. The Morgan fingerprint density at radius 2 is 1.78 bits per heavy atom. The molecule has 23 heavy (non-hydrogen) atoms. The summed E-state index contributed by atoms with van der Waals surface area (Å²) in [4.78, 5) is 11.6. The normalized spacial score (nSPS) is 10.3. The largest absolute Gasteiger partial charge is 0.492 e. The lowest BCUT2D eigenvalue weighted by molar-refractivity contribution is 0.247. The fourth-order valence-electron chi connectivity index (χ4n) is 1.65. The maximum Gasteiger partial charge on any atom is 0.319 e. The van der Waals surface area contributed by atoms with Crippen molar-refractivity contribution in [2.75, 3.05) is 18.5 Å². The first kappa shape index (κ1) is 17.0. The number of hydrogen-bond donors (Lipinski definition) is 2. The van der Waals surface area contributed by atoms with Crippen LogP contribution in [0.15, 0.2) is 36.4 Å². The predicted molar refractivity (Wildman–Crippen MR) is 80.3 cm³/mol. The van der Waals surface area contributed by atoms with Gasteiger partial charge in [-0.2, -0.15) is 0 Å². The first-order chi connectivity index (χ1) is 11.0. The molecule has 0 unspecified atom stereocenters. The zero-order valence-electron chi connectivity index (χ0n) is 11.7. The van der Waals surface area contributed by atoms with E-state index in [9.17, 15) is 18.0 Å². The average Bonchev–Trinajstić information content (AvgIpc) is 2.51. The summed E-state index contributed by atoms with van der Waals surface area (Å²) in [7, 11) is 0. The molecule has 4 nitrogen and oxygen atoms in total. The van der Waals surface area contributed by atoms with Crippen molar-refractivity contribution >= 4 is 23.3 Å². The fraction of sp³-hybridized carbons (Fsp3) is 0.133. The minimum Gasteiger partial charge on any atom is -0.492 e. The van der Waals surface area contributed by atoms with Crippen LogP contribution in [-0.2, 0) is 0 Å². The monoisotopic (exact) mass is 344 g/mol. The van der Waals surface area contributed by atoms with Crippen LogP contribution in [0.5, 0.6) is 5.75 Å². The van der Waals surface area contributed by atoms with Gasteiger partial charge >= 0.3 is 6.03 Å². The third-order valence-corrected chi connectivity index (χ3v) is 3.01. The molecule has 0 aromatic heterocycles. The Hall–Kier alpha value is -2.41. The second-order valence-electron chi connectivity index (χ2n) is 4.43. The molecule has 0 heterocycles. The molecule has 0 bridgehead atoms. The van der Waals surface area contributed by atoms with Gasteiger partial charge in [0, 0.05) is 11.8 Å². The lowest BCUT2D eigenvalue weighted by Crippen LogP contribution is -2.32. The molecule has 0 saturated carbocycles. The number of nitrogens with one attached hydrogen (secondary N) is 2. The topological polar surface area (TPSA) is 50.4 Å². The van der Waals surface area contributed by atoms with E-state index in [1.807, 2.05) is 0 Å². The van der Waals surface area contributed by atoms with Crippen LogP contribution in [0, 0.1) is 17.5 Å². The van der Waals surface area contributed by atoms with Gasteiger partial charge in [0.15, 0.2) is 11.6 Å². The van der Waals surface area contributed by atoms with Gasteiger partial charge in [-0.3, -0.25) is 0 Å². The van der Waals surface area contributed by atoms with Gasteiger partial charge < -0.3 is 15.4 Å². The van der Waals surface area contributed by atoms with E-state index in [0.717, 1.165) is 18.2 Å². The maximum absolute atomic E-state index is 13.0. The quantitative estimate of drug-likeness (QED) is 0.807. The average molecular weight is 345 g/mol. The molecule has 122 valence electrons. The van der Waals surface area contributed by atoms with Gasteiger partial charge in [0.25, 0.3) is 0 Å². The van der Waals surface area contributed by atoms with Crippen molar-refractivity contribution in [3.63, 3.8) is 0 Å². The summed E-state index contributed by atoms with van der Waals surface area (Å²) in [5.41, 5.74) is 0.329. The molecule has 0 spiro atoms. The third kappa shape index (κ3) is 5.07. The fourth-order valence-corrected chi connectivity index (χ4v) is 1.83. The van der Waals surface area contributed by atoms with Crippen molar-refractivity contribution in [1.82, 2.24) is 5.32 Å². The summed E-state index contributed by atoms with van der Waals surface area (Å²) in [5.74, 6) is -2.41. The second kappa shape index (κ2) is 7.73. The summed E-state index contributed by atoms with van der Waals surface area (Å²) in [6.07, 6.45) is 0. The molecule has 0 atom stereocenters. The highest BCUT2D eigenvalue weighted by molar-refractivity contribution is 6.31. The standard InChI is InChI=1S/C15H12ClF3N2O2/c16-11-7-9(1-3-12(11)17)21-15(22)20-5-6-23-10-2-4-13(18)14(19)8-10/h1-4,7-8H,5-6H2,(H2,20,21,22). The van der Waals surface area contributed by atoms with Crippen LogP contribution in [0.1, 0.15) is 0 Å². The van der Waals surface area contributed by atoms with Crippen LogP contribution in [0.4, 0.5) is 23.7 Å². The van der Waals surface area contributed by atoms with Crippen LogP contribution >= 0.6 is 11.6 Å². The second-order valence-corrected chi connectivity index (χ2v) is 4.84. The van der Waals surface area contributed by atoms with E-state index < -0.39 is 23.5 Å². The number of urea groups is 1. The molecular weight excluding hydrogens is 333 g/mol. The van der Waals surface area contributed by atoms with Gasteiger partial charge in [0.2, 0.25) is 0 Å².